The molecule has 1 aromatic carbocycles. The summed E-state index contributed by atoms with van der Waals surface area (Å²) in [6.07, 6.45) is 7.50. The SMILES string of the molecule is COCCOCCOCCOCC[N+](CCOCCOCCOCCOC)=c1ccc2c(C(C)(C)C)cc(C=CC=C3N(CCCCCC(=O)O)c4ccc(S(=O)(=O)O)cc4C3(C)CCCS(=O)(=O)O)oc-2c1. The number of fused-ring (bicyclic) bond motifs is 2. The number of rotatable bonds is 37. The third-order valence-corrected chi connectivity index (χ3v) is 13.8. The molecule has 4 rings (SSSR count). The summed E-state index contributed by atoms with van der Waals surface area (Å²) in [5, 5.41) is 10.1. The van der Waals surface area contributed by atoms with Gasteiger partial charge in [0.1, 0.15) is 24.7 Å². The van der Waals surface area contributed by atoms with Crippen molar-refractivity contribution in [1.82, 2.24) is 4.58 Å². The Morgan fingerprint density at radius 2 is 1.29 bits per heavy atom. The van der Waals surface area contributed by atoms with Crippen LogP contribution in [0.2, 0.25) is 0 Å². The van der Waals surface area contributed by atoms with Crippen molar-refractivity contribution in [1.29, 1.82) is 0 Å². The van der Waals surface area contributed by atoms with E-state index in [1.807, 2.05) is 42.2 Å². The highest BCUT2D eigenvalue weighted by atomic mass is 32.2. The molecule has 0 aromatic heterocycles. The summed E-state index contributed by atoms with van der Waals surface area (Å²) >= 11 is 0. The van der Waals surface area contributed by atoms with E-state index in [1.54, 1.807) is 20.3 Å². The highest BCUT2D eigenvalue weighted by Crippen LogP contribution is 2.51. The first-order valence-corrected chi connectivity index (χ1v) is 27.9. The monoisotopic (exact) mass is 1070 g/mol. The van der Waals surface area contributed by atoms with Crippen LogP contribution in [-0.2, 0) is 73.8 Å². The van der Waals surface area contributed by atoms with Gasteiger partial charge in [-0.2, -0.15) is 16.8 Å². The second kappa shape index (κ2) is 31.1. The van der Waals surface area contributed by atoms with Crippen LogP contribution in [0.15, 0.2) is 69.6 Å². The molecule has 0 radical (unpaired) electrons. The molecule has 19 nitrogen and oxygen atoms in total. The average molecular weight is 1070 g/mol. The summed E-state index contributed by atoms with van der Waals surface area (Å²) in [6, 6.07) is 12.5. The van der Waals surface area contributed by atoms with E-state index in [9.17, 15) is 35.8 Å². The van der Waals surface area contributed by atoms with Crippen LogP contribution in [0, 0.1) is 0 Å². The number of ether oxygens (including phenoxy) is 8. The number of carboxylic acids is 1. The van der Waals surface area contributed by atoms with Crippen molar-refractivity contribution in [3.8, 4) is 11.3 Å². The molecule has 1 aliphatic carbocycles. The minimum Gasteiger partial charge on any atom is -0.481 e. The fourth-order valence-corrected chi connectivity index (χ4v) is 9.46. The molecule has 2 aliphatic heterocycles. The highest BCUT2D eigenvalue weighted by Gasteiger charge is 2.43. The molecule has 1 aromatic rings. The van der Waals surface area contributed by atoms with Crippen molar-refractivity contribution in [2.75, 3.05) is 137 Å². The normalized spacial score (nSPS) is 15.8. The van der Waals surface area contributed by atoms with Crippen LogP contribution in [-0.4, -0.2) is 169 Å². The fraction of sp³-hybridized carbons (Fsp3) is 0.615. The van der Waals surface area contributed by atoms with Gasteiger partial charge in [-0.25, -0.2) is 4.58 Å². The summed E-state index contributed by atoms with van der Waals surface area (Å²) in [4.78, 5) is 13.0. The number of hydrogen-bond donors (Lipinski definition) is 3. The maximum absolute atomic E-state index is 12.4. The van der Waals surface area contributed by atoms with Crippen LogP contribution in [0.4, 0.5) is 5.69 Å². The summed E-state index contributed by atoms with van der Waals surface area (Å²) in [5.41, 5.74) is 2.65. The Bertz CT molecular complexity index is 2460. The van der Waals surface area contributed by atoms with Crippen molar-refractivity contribution in [3.05, 3.63) is 82.6 Å². The number of carbonyl (C=O) groups is 1. The Morgan fingerprint density at radius 3 is 1.81 bits per heavy atom. The average Bonchev–Trinajstić information content (AvgIpc) is 3.55. The molecule has 0 fully saturated rings. The van der Waals surface area contributed by atoms with E-state index in [4.69, 9.17) is 42.3 Å². The van der Waals surface area contributed by atoms with Gasteiger partial charge in [0.25, 0.3) is 20.2 Å². The van der Waals surface area contributed by atoms with Gasteiger partial charge in [-0.15, -0.1) is 0 Å². The number of aliphatic carboxylic acids is 1. The minimum absolute atomic E-state index is 0.0220. The van der Waals surface area contributed by atoms with Gasteiger partial charge in [0.15, 0.2) is 13.1 Å². The molecular weight excluding hydrogens is 989 g/mol. The molecule has 73 heavy (non-hydrogen) atoms. The van der Waals surface area contributed by atoms with Crippen molar-refractivity contribution >= 4 is 38.0 Å². The molecule has 2 heterocycles. The lowest BCUT2D eigenvalue weighted by atomic mass is 9.77. The molecule has 0 saturated heterocycles. The molecule has 410 valence electrons. The largest absolute Gasteiger partial charge is 0.481 e. The zero-order valence-electron chi connectivity index (χ0n) is 43.5. The molecule has 0 amide bonds. The lowest BCUT2D eigenvalue weighted by molar-refractivity contribution is -0.137. The lowest BCUT2D eigenvalue weighted by Gasteiger charge is -2.30. The summed E-state index contributed by atoms with van der Waals surface area (Å²) in [7, 11) is -5.66. The van der Waals surface area contributed by atoms with Crippen LogP contribution in [0.1, 0.15) is 83.1 Å². The van der Waals surface area contributed by atoms with E-state index in [2.05, 4.69) is 37.5 Å². The van der Waals surface area contributed by atoms with Gasteiger partial charge < -0.3 is 52.3 Å². The predicted molar refractivity (Wildman–Crippen MR) is 278 cm³/mol. The van der Waals surface area contributed by atoms with Gasteiger partial charge in [-0.1, -0.05) is 33.3 Å². The van der Waals surface area contributed by atoms with Crippen LogP contribution in [0.3, 0.4) is 0 Å². The van der Waals surface area contributed by atoms with Crippen molar-refractivity contribution < 1.29 is 78.2 Å². The van der Waals surface area contributed by atoms with Gasteiger partial charge in [0, 0.05) is 55.6 Å². The molecule has 1 unspecified atom stereocenters. The van der Waals surface area contributed by atoms with Crippen LogP contribution < -0.4 is 14.8 Å². The van der Waals surface area contributed by atoms with Crippen LogP contribution in [0.5, 0.6) is 0 Å². The van der Waals surface area contributed by atoms with E-state index in [0.717, 1.165) is 22.2 Å². The van der Waals surface area contributed by atoms with Gasteiger partial charge >= 0.3 is 5.97 Å². The number of anilines is 1. The Morgan fingerprint density at radius 1 is 0.726 bits per heavy atom. The Balaban J connectivity index is 1.69. The van der Waals surface area contributed by atoms with Crippen molar-refractivity contribution in [2.45, 2.75) is 81.9 Å². The zero-order chi connectivity index (χ0) is 53.3. The van der Waals surface area contributed by atoms with Gasteiger partial charge in [0.2, 0.25) is 5.36 Å². The summed E-state index contributed by atoms with van der Waals surface area (Å²) in [6.45, 7) is 16.3. The standard InChI is InChI=1S/C52H78N2O17S2/c1-51(2,3)45-39-42(12-10-13-49-52(4,19-11-37-72(57,58)59)46-40-43(73(60,61)62)16-18-47(46)54(49)20-9-7-8-14-50(55)56)71-48-38-41(15-17-44(45)48)53(21-23-65-29-31-69-35-33-67-27-25-63-5)22-24-66-30-32-70-36-34-68-28-26-64-6/h10,12-13,15-18,38-40H,7-9,11,14,19-37H2,1-6H3,(H2-,55,56,57,58,59,60,61,62)/p+1. The van der Waals surface area contributed by atoms with E-state index in [-0.39, 0.29) is 29.6 Å². The van der Waals surface area contributed by atoms with E-state index in [1.165, 1.54) is 12.1 Å². The number of nitrogens with zero attached hydrogens (tertiary/aromatic N) is 2. The summed E-state index contributed by atoms with van der Waals surface area (Å²) < 4.78 is 121. The van der Waals surface area contributed by atoms with Gasteiger partial charge in [-0.3, -0.25) is 13.9 Å². The quantitative estimate of drug-likeness (QED) is 0.0337. The smallest absolute Gasteiger partial charge is 0.303 e. The van der Waals surface area contributed by atoms with Gasteiger partial charge in [0.05, 0.1) is 96.0 Å². The molecule has 3 aliphatic rings. The molecule has 0 saturated carbocycles. The maximum atomic E-state index is 12.4. The molecule has 0 spiro atoms. The second-order valence-electron chi connectivity index (χ2n) is 18.8. The Hall–Kier alpha value is -4.10. The topological polar surface area (TPSA) is 239 Å². The summed E-state index contributed by atoms with van der Waals surface area (Å²) in [5.74, 6) is -0.199. The molecular formula is C52H79N2O17S2+. The first kappa shape index (κ1) is 61.4. The third kappa shape index (κ3) is 21.2. The minimum atomic E-state index is -4.60. The first-order valence-electron chi connectivity index (χ1n) is 24.8. The van der Waals surface area contributed by atoms with Crippen molar-refractivity contribution in [2.24, 2.45) is 0 Å². The Kier molecular flexibility index (Phi) is 26.2. The maximum Gasteiger partial charge on any atom is 0.303 e. The zero-order valence-corrected chi connectivity index (χ0v) is 45.1. The number of methoxy groups -OCH3 is 2. The molecule has 21 heteroatoms. The fourth-order valence-electron chi connectivity index (χ4n) is 8.44. The molecule has 1 atom stereocenters. The van der Waals surface area contributed by atoms with E-state index >= 15 is 0 Å². The first-order chi connectivity index (χ1) is 34.8. The van der Waals surface area contributed by atoms with E-state index < -0.39 is 37.4 Å². The number of unbranched alkanes of at least 4 members (excludes halogenated alkanes) is 2. The van der Waals surface area contributed by atoms with Crippen LogP contribution in [0.25, 0.3) is 17.4 Å². The second-order valence-corrected chi connectivity index (χ2v) is 21.8. The number of benzene rings is 2. The number of allylic oxidation sites excluding steroid dienone is 3. The number of carboxylic acid groups (broad SMARTS) is 1. The molecule has 3 N–H and O–H groups in total. The highest BCUT2D eigenvalue weighted by molar-refractivity contribution is 7.86. The van der Waals surface area contributed by atoms with Crippen molar-refractivity contribution in [3.63, 3.8) is 0 Å². The Labute approximate surface area is 431 Å². The predicted octanol–water partition coefficient (Wildman–Crippen LogP) is 6.08. The van der Waals surface area contributed by atoms with Gasteiger partial charge in [-0.05, 0) is 91.6 Å². The van der Waals surface area contributed by atoms with Crippen LogP contribution >= 0.6 is 0 Å². The molecule has 0 bridgehead atoms. The third-order valence-electron chi connectivity index (χ3n) is 12.2. The number of hydrogen-bond acceptors (Lipinski definition) is 15. The lowest BCUT2D eigenvalue weighted by Crippen LogP contribution is -2.36. The van der Waals surface area contributed by atoms with E-state index in [0.29, 0.717) is 154 Å².